The van der Waals surface area contributed by atoms with Gasteiger partial charge in [0.1, 0.15) is 5.78 Å². The molecule has 0 aromatic carbocycles. The number of Topliss-reactive ketones (excluding diaryl/α,β-unsaturated/α-hetero) is 1. The topological polar surface area (TPSA) is 149 Å². The van der Waals surface area contributed by atoms with Gasteiger partial charge in [-0.3, -0.25) is 4.79 Å². The molecule has 0 spiro atoms. The van der Waals surface area contributed by atoms with Crippen LogP contribution in [-0.2, 0) is 14.3 Å². The molecule has 0 radical (unpaired) electrons. The molecule has 36 heavy (non-hydrogen) atoms. The van der Waals surface area contributed by atoms with Crippen LogP contribution in [0, 0.1) is 24.2 Å². The van der Waals surface area contributed by atoms with Gasteiger partial charge < -0.3 is 30.6 Å². The molecule has 2 rings (SSSR count). The lowest BCUT2D eigenvalue weighted by atomic mass is 9.73. The number of nitrogens with zero attached hydrogens (tertiary/aromatic N) is 1. The van der Waals surface area contributed by atoms with Crippen LogP contribution in [0.25, 0.3) is 6.08 Å². The van der Waals surface area contributed by atoms with E-state index in [1.165, 1.54) is 13.8 Å². The first kappa shape index (κ1) is 30.6. The number of thiazole rings is 1. The van der Waals surface area contributed by atoms with E-state index >= 15 is 0 Å². The number of aliphatic hydroxyl groups is 2. The predicted molar refractivity (Wildman–Crippen MR) is 139 cm³/mol. The van der Waals surface area contributed by atoms with E-state index in [1.54, 1.807) is 18.3 Å². The van der Waals surface area contributed by atoms with Crippen molar-refractivity contribution in [2.45, 2.75) is 111 Å². The van der Waals surface area contributed by atoms with Gasteiger partial charge in [0.15, 0.2) is 0 Å². The van der Waals surface area contributed by atoms with E-state index in [4.69, 9.17) is 10.5 Å². The molecule has 1 aliphatic heterocycles. The molecule has 1 aliphatic rings. The molecule has 0 aliphatic carbocycles. The monoisotopic (exact) mass is 523 g/mol. The fraction of sp³-hybridized carbons (Fsp3) is 0.741. The van der Waals surface area contributed by atoms with Crippen molar-refractivity contribution in [3.05, 3.63) is 21.7 Å². The number of rotatable bonds is 15. The SMILES string of the molecule is C/C(=C\c1csc(C)n1)C(N)CC1O[C@]1(C)CCC[C@H](C)[C@H](O)[C@@H](C)C(=O)C(C)(C)[C@@H](O)CC(=O)[O-]. The number of nitrogens with two attached hydrogens (primary N) is 1. The van der Waals surface area contributed by atoms with Crippen molar-refractivity contribution < 1.29 is 29.6 Å². The Labute approximate surface area is 219 Å². The van der Waals surface area contributed by atoms with Crippen LogP contribution in [0.3, 0.4) is 0 Å². The van der Waals surface area contributed by atoms with Gasteiger partial charge in [-0.05, 0) is 52.0 Å². The van der Waals surface area contributed by atoms with Gasteiger partial charge in [-0.2, -0.15) is 0 Å². The first-order chi connectivity index (χ1) is 16.6. The summed E-state index contributed by atoms with van der Waals surface area (Å²) in [6, 6.07) is -0.109. The summed E-state index contributed by atoms with van der Waals surface area (Å²) in [5, 5.41) is 34.8. The Kier molecular flexibility index (Phi) is 10.4. The molecular formula is C27H43N2O6S-. The number of carboxylic acids is 1. The molecule has 1 saturated heterocycles. The zero-order valence-electron chi connectivity index (χ0n) is 22.6. The number of carbonyl (C=O) groups is 2. The molecule has 2 heterocycles. The molecule has 1 fully saturated rings. The van der Waals surface area contributed by atoms with Crippen LogP contribution in [0.1, 0.15) is 84.3 Å². The smallest absolute Gasteiger partial charge is 0.146 e. The van der Waals surface area contributed by atoms with Crippen molar-refractivity contribution in [1.29, 1.82) is 0 Å². The quantitative estimate of drug-likeness (QED) is 0.297. The van der Waals surface area contributed by atoms with Crippen LogP contribution in [0.5, 0.6) is 0 Å². The van der Waals surface area contributed by atoms with Gasteiger partial charge in [0.25, 0.3) is 0 Å². The van der Waals surface area contributed by atoms with Gasteiger partial charge in [0.05, 0.1) is 34.6 Å². The number of aliphatic carboxylic acids is 1. The first-order valence-electron chi connectivity index (χ1n) is 12.7. The minimum Gasteiger partial charge on any atom is -0.550 e. The minimum absolute atomic E-state index is 0.0831. The van der Waals surface area contributed by atoms with Gasteiger partial charge in [-0.1, -0.05) is 39.7 Å². The molecule has 7 atom stereocenters. The molecule has 1 aromatic heterocycles. The van der Waals surface area contributed by atoms with Gasteiger partial charge in [-0.25, -0.2) is 4.98 Å². The lowest BCUT2D eigenvalue weighted by Crippen LogP contribution is -2.46. The molecule has 204 valence electrons. The number of aliphatic hydroxyl groups excluding tert-OH is 2. The number of ether oxygens (including phenoxy) is 1. The summed E-state index contributed by atoms with van der Waals surface area (Å²) in [6.45, 7) is 12.6. The van der Waals surface area contributed by atoms with E-state index in [0.29, 0.717) is 6.42 Å². The normalized spacial score (nSPS) is 24.6. The van der Waals surface area contributed by atoms with Crippen LogP contribution >= 0.6 is 11.3 Å². The highest BCUT2D eigenvalue weighted by Crippen LogP contribution is 2.44. The second-order valence-corrected chi connectivity index (χ2v) is 12.3. The van der Waals surface area contributed by atoms with Crippen LogP contribution in [0.15, 0.2) is 11.0 Å². The fourth-order valence-corrected chi connectivity index (χ4v) is 5.34. The Balaban J connectivity index is 1.80. The largest absolute Gasteiger partial charge is 0.550 e. The van der Waals surface area contributed by atoms with Gasteiger partial charge in [0.2, 0.25) is 0 Å². The minimum atomic E-state index is -1.42. The van der Waals surface area contributed by atoms with Crippen LogP contribution in [0.4, 0.5) is 0 Å². The molecule has 0 bridgehead atoms. The summed E-state index contributed by atoms with van der Waals surface area (Å²) in [6.07, 6.45) is 2.30. The van der Waals surface area contributed by atoms with Crippen molar-refractivity contribution in [2.24, 2.45) is 23.0 Å². The Bertz CT molecular complexity index is 944. The van der Waals surface area contributed by atoms with Gasteiger partial charge >= 0.3 is 0 Å². The Morgan fingerprint density at radius 3 is 2.56 bits per heavy atom. The first-order valence-corrected chi connectivity index (χ1v) is 13.6. The summed E-state index contributed by atoms with van der Waals surface area (Å²) in [4.78, 5) is 28.2. The highest BCUT2D eigenvalue weighted by atomic mass is 32.1. The van der Waals surface area contributed by atoms with Crippen molar-refractivity contribution >= 4 is 29.2 Å². The molecule has 9 heteroatoms. The van der Waals surface area contributed by atoms with Crippen molar-refractivity contribution in [3.8, 4) is 0 Å². The van der Waals surface area contributed by atoms with E-state index in [2.05, 4.69) is 11.9 Å². The zero-order chi connectivity index (χ0) is 27.4. The number of hydrogen-bond acceptors (Lipinski definition) is 9. The summed E-state index contributed by atoms with van der Waals surface area (Å²) >= 11 is 1.61. The Morgan fingerprint density at radius 1 is 1.36 bits per heavy atom. The van der Waals surface area contributed by atoms with E-state index in [1.807, 2.05) is 32.2 Å². The number of hydrogen-bond donors (Lipinski definition) is 3. The second kappa shape index (κ2) is 12.3. The summed E-state index contributed by atoms with van der Waals surface area (Å²) in [5.74, 6) is -2.66. The lowest BCUT2D eigenvalue weighted by Gasteiger charge is -2.34. The highest BCUT2D eigenvalue weighted by Gasteiger charge is 2.51. The van der Waals surface area contributed by atoms with E-state index in [0.717, 1.165) is 35.5 Å². The number of aryl methyl sites for hydroxylation is 1. The van der Waals surface area contributed by atoms with E-state index in [-0.39, 0.29) is 29.4 Å². The summed E-state index contributed by atoms with van der Waals surface area (Å²) in [5.41, 5.74) is 6.87. The average molecular weight is 524 g/mol. The molecule has 0 amide bonds. The summed E-state index contributed by atoms with van der Waals surface area (Å²) < 4.78 is 5.99. The number of epoxide rings is 1. The van der Waals surface area contributed by atoms with Crippen LogP contribution in [-0.4, -0.2) is 56.9 Å². The number of aromatic nitrogens is 1. The second-order valence-electron chi connectivity index (χ2n) is 11.3. The van der Waals surface area contributed by atoms with Crippen molar-refractivity contribution in [2.75, 3.05) is 0 Å². The third-order valence-corrected chi connectivity index (χ3v) is 8.56. The standard InChI is InChI=1S/C27H44N2O6S/c1-15(24(33)17(3)25(34)26(5,6)21(30)13-23(31)32)9-8-10-27(7)22(35-27)12-20(28)16(2)11-19-14-36-18(4)29-19/h11,14-15,17,20-22,24,30,33H,8-10,12-13,28H2,1-7H3,(H,31,32)/p-1/b16-11+/t15-,17+,20?,21-,22?,24-,27+/m0/s1. The average Bonchev–Trinajstić information content (AvgIpc) is 3.22. The Hall–Kier alpha value is -1.65. The lowest BCUT2D eigenvalue weighted by molar-refractivity contribution is -0.308. The zero-order valence-corrected chi connectivity index (χ0v) is 23.4. The number of carbonyl (C=O) groups excluding carboxylic acids is 2. The van der Waals surface area contributed by atoms with Crippen molar-refractivity contribution in [3.63, 3.8) is 0 Å². The highest BCUT2D eigenvalue weighted by molar-refractivity contribution is 7.09. The third kappa shape index (κ3) is 7.92. The molecule has 2 unspecified atom stereocenters. The summed E-state index contributed by atoms with van der Waals surface area (Å²) in [7, 11) is 0. The maximum Gasteiger partial charge on any atom is 0.146 e. The van der Waals surface area contributed by atoms with E-state index < -0.39 is 35.9 Å². The maximum atomic E-state index is 12.9. The van der Waals surface area contributed by atoms with Crippen molar-refractivity contribution in [1.82, 2.24) is 4.98 Å². The van der Waals surface area contributed by atoms with E-state index in [9.17, 15) is 24.9 Å². The fourth-order valence-electron chi connectivity index (χ4n) is 4.77. The molecule has 4 N–H and O–H groups in total. The number of ketones is 1. The Morgan fingerprint density at radius 2 is 2.00 bits per heavy atom. The molecule has 0 saturated carbocycles. The van der Waals surface area contributed by atoms with Crippen LogP contribution < -0.4 is 10.8 Å². The third-order valence-electron chi connectivity index (χ3n) is 7.77. The van der Waals surface area contributed by atoms with Gasteiger partial charge in [0, 0.05) is 35.1 Å². The van der Waals surface area contributed by atoms with Crippen LogP contribution in [0.2, 0.25) is 0 Å². The predicted octanol–water partition coefficient (Wildman–Crippen LogP) is 2.63. The number of carboxylic acid groups (broad SMARTS) is 1. The molecule has 1 aromatic rings. The molecular weight excluding hydrogens is 480 g/mol. The molecule has 8 nitrogen and oxygen atoms in total. The maximum absolute atomic E-state index is 12.9. The van der Waals surface area contributed by atoms with Gasteiger partial charge in [-0.15, -0.1) is 11.3 Å².